The van der Waals surface area contributed by atoms with E-state index in [1.54, 1.807) is 12.3 Å². The monoisotopic (exact) mass is 951 g/mol. The van der Waals surface area contributed by atoms with Crippen LogP contribution in [0.5, 0.6) is 5.88 Å². The van der Waals surface area contributed by atoms with E-state index >= 15 is 0 Å². The Balaban J connectivity index is 0.000000443. The van der Waals surface area contributed by atoms with Gasteiger partial charge in [0, 0.05) is 61.7 Å². The van der Waals surface area contributed by atoms with Crippen LogP contribution in [0.2, 0.25) is 0 Å². The number of ether oxygens (including phenoxy) is 1. The molecule has 1 aliphatic carbocycles. The summed E-state index contributed by atoms with van der Waals surface area (Å²) in [5.74, 6) is -8.29. The fourth-order valence-electron chi connectivity index (χ4n) is 6.26. The number of H-pyrrole nitrogens is 1. The lowest BCUT2D eigenvalue weighted by Crippen LogP contribution is -2.65. The minimum absolute atomic E-state index is 0.0106. The third kappa shape index (κ3) is 15.7. The number of aliphatic carboxylic acids is 3. The van der Waals surface area contributed by atoms with Crippen molar-refractivity contribution in [3.05, 3.63) is 54.4 Å². The third-order valence-electron chi connectivity index (χ3n) is 9.27. The van der Waals surface area contributed by atoms with Gasteiger partial charge in [-0.05, 0) is 56.3 Å². The number of aliphatic hydroxyl groups is 1. The molecule has 358 valence electrons. The highest BCUT2D eigenvalue weighted by molar-refractivity contribution is 5.90. The van der Waals surface area contributed by atoms with Gasteiger partial charge in [0.05, 0.1) is 24.4 Å². The Morgan fingerprint density at radius 1 is 0.892 bits per heavy atom. The summed E-state index contributed by atoms with van der Waals surface area (Å²) >= 11 is 0. The number of alkyl halides is 12. The molecule has 0 aromatic carbocycles. The van der Waals surface area contributed by atoms with Crippen LogP contribution in [0.25, 0.3) is 22.3 Å². The highest BCUT2D eigenvalue weighted by atomic mass is 19.4. The van der Waals surface area contributed by atoms with Crippen molar-refractivity contribution < 1.29 is 92.2 Å². The van der Waals surface area contributed by atoms with Crippen LogP contribution in [-0.2, 0) is 32.6 Å². The molecule has 0 spiro atoms. The van der Waals surface area contributed by atoms with Gasteiger partial charge in [0.2, 0.25) is 5.88 Å². The summed E-state index contributed by atoms with van der Waals surface area (Å²) in [5.41, 5.74) is 1.41. The van der Waals surface area contributed by atoms with E-state index in [0.717, 1.165) is 41.2 Å². The molecule has 4 aromatic heterocycles. The summed E-state index contributed by atoms with van der Waals surface area (Å²) in [5, 5.41) is 48.5. The number of aromatic nitrogens is 6. The molecule has 5 heterocycles. The van der Waals surface area contributed by atoms with Crippen LogP contribution in [0.15, 0.2) is 43.1 Å². The topological polar surface area (TPSA) is 253 Å². The largest absolute Gasteiger partial charge is 0.490 e. The van der Waals surface area contributed by atoms with Crippen molar-refractivity contribution in [2.75, 3.05) is 26.2 Å². The number of carboxylic acids is 3. The maximum Gasteiger partial charge on any atom is 0.490 e. The van der Waals surface area contributed by atoms with E-state index in [9.17, 15) is 57.9 Å². The highest BCUT2D eigenvalue weighted by Crippen LogP contribution is 2.39. The lowest BCUT2D eigenvalue weighted by atomic mass is 9.82. The van der Waals surface area contributed by atoms with Crippen molar-refractivity contribution in [2.24, 2.45) is 0 Å². The number of nitrogens with one attached hydrogen (secondary N) is 2. The van der Waals surface area contributed by atoms with Crippen molar-refractivity contribution in [3.63, 3.8) is 0 Å². The van der Waals surface area contributed by atoms with Gasteiger partial charge in [0.15, 0.2) is 0 Å². The summed E-state index contributed by atoms with van der Waals surface area (Å²) < 4.78 is 144. The van der Waals surface area contributed by atoms with Gasteiger partial charge < -0.3 is 35.5 Å². The fraction of sp³-hybridized carbons (Fsp3) is 0.500. The molecule has 2 aliphatic rings. The van der Waals surface area contributed by atoms with Gasteiger partial charge in [-0.1, -0.05) is 0 Å². The minimum Gasteiger partial charge on any atom is -0.475 e. The van der Waals surface area contributed by atoms with Gasteiger partial charge in [-0.2, -0.15) is 63.0 Å². The summed E-state index contributed by atoms with van der Waals surface area (Å²) in [6, 6.07) is 7.15. The molecular weight excluding hydrogens is 914 g/mol. The van der Waals surface area contributed by atoms with Gasteiger partial charge in [-0.25, -0.2) is 29.3 Å². The second-order valence-electron chi connectivity index (χ2n) is 14.0. The van der Waals surface area contributed by atoms with Crippen LogP contribution in [0.1, 0.15) is 49.8 Å². The lowest BCUT2D eigenvalue weighted by molar-refractivity contribution is -0.193. The van der Waals surface area contributed by atoms with Crippen LogP contribution >= 0.6 is 0 Å². The molecule has 1 saturated carbocycles. The van der Waals surface area contributed by atoms with E-state index in [2.05, 4.69) is 41.3 Å². The van der Waals surface area contributed by atoms with E-state index in [1.807, 2.05) is 23.1 Å². The second-order valence-corrected chi connectivity index (χ2v) is 14.0. The molecule has 0 radical (unpaired) electrons. The SMILES string of the molecule is N#CCC1(n2cc(-c3ncnc4[nH]ccc34)cn2)CN(C2CCC(Oc3cc(CNCCCO)cc(C(F)(F)F)n3)CC2)C1.O=C(O)C(F)(F)F.O=C(O)C(F)(F)F.O=C(O)C(F)(F)F. The molecule has 1 saturated heterocycles. The van der Waals surface area contributed by atoms with E-state index in [0.29, 0.717) is 56.9 Å². The van der Waals surface area contributed by atoms with E-state index in [1.165, 1.54) is 6.33 Å². The summed E-state index contributed by atoms with van der Waals surface area (Å²) in [4.78, 5) is 44.6. The zero-order valence-electron chi connectivity index (χ0n) is 33.1. The van der Waals surface area contributed by atoms with Crippen molar-refractivity contribution in [1.29, 1.82) is 5.26 Å². The number of hydrogen-bond donors (Lipinski definition) is 6. The number of fused-ring (bicyclic) bond motifs is 1. The Kier molecular flexibility index (Phi) is 18.0. The maximum absolute atomic E-state index is 13.5. The van der Waals surface area contributed by atoms with Crippen molar-refractivity contribution >= 4 is 28.9 Å². The Bertz CT molecular complexity index is 2190. The van der Waals surface area contributed by atoms with Gasteiger partial charge in [0.1, 0.15) is 29.3 Å². The van der Waals surface area contributed by atoms with E-state index in [4.69, 9.17) is 39.5 Å². The molecular formula is C36H37F12N9O8. The first-order valence-electron chi connectivity index (χ1n) is 18.5. The summed E-state index contributed by atoms with van der Waals surface area (Å²) in [6.45, 7) is 2.09. The van der Waals surface area contributed by atoms with Gasteiger partial charge in [0.25, 0.3) is 0 Å². The number of carbonyl (C=O) groups is 3. The number of carboxylic acid groups (broad SMARTS) is 3. The normalized spacial score (nSPS) is 17.4. The number of likely N-dealkylation sites (tertiary alicyclic amines) is 1. The molecule has 0 unspecified atom stereocenters. The van der Waals surface area contributed by atoms with Crippen molar-refractivity contribution in [3.8, 4) is 23.2 Å². The molecule has 17 nitrogen and oxygen atoms in total. The molecule has 1 aliphatic heterocycles. The lowest BCUT2D eigenvalue weighted by Gasteiger charge is -2.53. The maximum atomic E-state index is 13.5. The van der Waals surface area contributed by atoms with Crippen LogP contribution in [0.4, 0.5) is 52.7 Å². The standard InChI is InChI=1S/C30H34F3N9O2.3C2HF3O2/c31-30(32,33)25-12-20(14-35-9-1-11-43)13-26(40-25)44-23-4-2-22(3-5-23)41-17-29(18-41,7-8-34)42-16-21(15-39-42)27-24-6-10-36-28(24)38-19-37-27;3*3-2(4,5)1(6)7/h6,10,12-13,15-16,19,22-23,35,43H,1-5,7,9,11,14,17-18H2,(H,36,37,38);3*(H,6,7). The van der Waals surface area contributed by atoms with Crippen LogP contribution < -0.4 is 10.1 Å². The summed E-state index contributed by atoms with van der Waals surface area (Å²) in [7, 11) is 0. The van der Waals surface area contributed by atoms with Gasteiger partial charge in [-0.15, -0.1) is 0 Å². The quantitative estimate of drug-likeness (QED) is 0.0754. The number of aliphatic hydroxyl groups excluding tert-OH is 1. The Morgan fingerprint density at radius 2 is 1.46 bits per heavy atom. The zero-order valence-corrected chi connectivity index (χ0v) is 33.1. The zero-order chi connectivity index (χ0) is 49.0. The first-order chi connectivity index (χ1) is 30.1. The van der Waals surface area contributed by atoms with E-state index < -0.39 is 53.8 Å². The molecule has 6 rings (SSSR count). The second kappa shape index (κ2) is 22.1. The minimum atomic E-state index is -5.08. The highest BCUT2D eigenvalue weighted by Gasteiger charge is 2.48. The van der Waals surface area contributed by atoms with Gasteiger partial charge in [-0.3, -0.25) is 9.58 Å². The van der Waals surface area contributed by atoms with Crippen LogP contribution in [0, 0.1) is 11.3 Å². The number of rotatable bonds is 11. The average Bonchev–Trinajstić information content (AvgIpc) is 3.89. The van der Waals surface area contributed by atoms with Crippen molar-refractivity contribution in [1.82, 2.24) is 39.9 Å². The molecule has 65 heavy (non-hydrogen) atoms. The molecule has 2 fully saturated rings. The Morgan fingerprint density at radius 3 is 1.97 bits per heavy atom. The predicted octanol–water partition coefficient (Wildman–Crippen LogP) is 5.92. The first-order valence-corrected chi connectivity index (χ1v) is 18.5. The number of pyridine rings is 1. The van der Waals surface area contributed by atoms with Crippen LogP contribution in [-0.4, -0.2) is 130 Å². The first kappa shape index (κ1) is 53.1. The molecule has 29 heteroatoms. The fourth-order valence-corrected chi connectivity index (χ4v) is 6.26. The summed E-state index contributed by atoms with van der Waals surface area (Å²) in [6.07, 6.45) is -9.10. The van der Waals surface area contributed by atoms with E-state index in [-0.39, 0.29) is 25.1 Å². The number of hydrogen-bond acceptors (Lipinski definition) is 12. The number of nitriles is 1. The van der Waals surface area contributed by atoms with Gasteiger partial charge >= 0.3 is 42.6 Å². The third-order valence-corrected chi connectivity index (χ3v) is 9.27. The number of aromatic amines is 1. The molecule has 6 N–H and O–H groups in total. The molecule has 4 aromatic rings. The molecule has 0 amide bonds. The predicted molar refractivity (Wildman–Crippen MR) is 195 cm³/mol. The molecule has 0 atom stereocenters. The number of halogens is 12. The van der Waals surface area contributed by atoms with Crippen LogP contribution in [0.3, 0.4) is 0 Å². The smallest absolute Gasteiger partial charge is 0.475 e. The number of nitrogens with zero attached hydrogens (tertiary/aromatic N) is 7. The Labute approximate surface area is 357 Å². The average molecular weight is 952 g/mol. The molecule has 0 bridgehead atoms. The Hall–Kier alpha value is -6.28. The van der Waals surface area contributed by atoms with Crippen molar-refractivity contribution in [2.45, 2.75) is 87.5 Å².